The van der Waals surface area contributed by atoms with E-state index in [1.807, 2.05) is 0 Å². The van der Waals surface area contributed by atoms with Crippen LogP contribution < -0.4 is 15.1 Å². The summed E-state index contributed by atoms with van der Waals surface area (Å²) in [6.07, 6.45) is -14.7. The topological polar surface area (TPSA) is 61.4 Å². The summed E-state index contributed by atoms with van der Waals surface area (Å²) < 4.78 is 120. The lowest BCUT2D eigenvalue weighted by atomic mass is 9.85. The minimum atomic E-state index is -5.51. The summed E-state index contributed by atoms with van der Waals surface area (Å²) in [6.45, 7) is 1.01. The number of alkyl halides is 9. The first-order chi connectivity index (χ1) is 17.8. The number of benzene rings is 1. The highest BCUT2D eigenvalue weighted by Gasteiger charge is 2.45. The standard InChI is InChI=1S/C24H26F9N5O/c1-13-34-19(11-20(35-13)37(2)3)36-17-6-4-14(5-7-17)12-38(21(39)24(31,32)33)18-9-15(22(25,26)27)8-16(10-18)23(28,29)30/h8-11,14,17H,4-7,12H2,1-3H3,(H,34,35,36). The summed E-state index contributed by atoms with van der Waals surface area (Å²) in [5.74, 6) is -1.44. The Morgan fingerprint density at radius 3 is 1.87 bits per heavy atom. The van der Waals surface area contributed by atoms with Crippen molar-refractivity contribution in [2.75, 3.05) is 35.8 Å². The second-order valence-corrected chi connectivity index (χ2v) is 9.59. The molecular weight excluding hydrogens is 545 g/mol. The molecule has 1 amide bonds. The van der Waals surface area contributed by atoms with Crippen molar-refractivity contribution in [1.29, 1.82) is 0 Å². The SMILES string of the molecule is Cc1nc(NC2CCC(CN(C(=O)C(F)(F)F)c3cc(C(F)(F)F)cc(C(F)(F)F)c3)CC2)cc(N(C)C)n1. The van der Waals surface area contributed by atoms with Crippen LogP contribution in [0.15, 0.2) is 24.3 Å². The number of aryl methyl sites for hydroxylation is 1. The number of aromatic nitrogens is 2. The molecule has 0 spiro atoms. The zero-order valence-corrected chi connectivity index (χ0v) is 21.1. The van der Waals surface area contributed by atoms with E-state index in [4.69, 9.17) is 0 Å². The van der Waals surface area contributed by atoms with E-state index in [0.29, 0.717) is 30.3 Å². The Kier molecular flexibility index (Phi) is 8.60. The van der Waals surface area contributed by atoms with Crippen molar-refractivity contribution in [1.82, 2.24) is 9.97 Å². The summed E-state index contributed by atoms with van der Waals surface area (Å²) in [5, 5.41) is 3.23. The highest BCUT2D eigenvalue weighted by molar-refractivity contribution is 5.97. The zero-order chi connectivity index (χ0) is 29.3. The number of carbonyl (C=O) groups is 1. The lowest BCUT2D eigenvalue weighted by Crippen LogP contribution is -2.45. The fourth-order valence-corrected chi connectivity index (χ4v) is 4.36. The molecule has 0 bridgehead atoms. The minimum absolute atomic E-state index is 0.0277. The molecule has 1 aliphatic rings. The van der Waals surface area contributed by atoms with Gasteiger partial charge in [-0.05, 0) is 56.7 Å². The largest absolute Gasteiger partial charge is 0.471 e. The van der Waals surface area contributed by atoms with Gasteiger partial charge >= 0.3 is 24.4 Å². The molecular formula is C24H26F9N5O. The third kappa shape index (κ3) is 7.88. The van der Waals surface area contributed by atoms with Gasteiger partial charge in [-0.1, -0.05) is 0 Å². The van der Waals surface area contributed by atoms with Gasteiger partial charge in [0.1, 0.15) is 17.5 Å². The van der Waals surface area contributed by atoms with Crippen molar-refractivity contribution in [3.8, 4) is 0 Å². The van der Waals surface area contributed by atoms with Crippen LogP contribution in [0.3, 0.4) is 0 Å². The Morgan fingerprint density at radius 1 is 0.872 bits per heavy atom. The number of nitrogens with one attached hydrogen (secondary N) is 1. The van der Waals surface area contributed by atoms with Gasteiger partial charge in [-0.25, -0.2) is 9.97 Å². The first-order valence-corrected chi connectivity index (χ1v) is 11.8. The smallest absolute Gasteiger partial charge is 0.367 e. The van der Waals surface area contributed by atoms with Crippen LogP contribution in [0.5, 0.6) is 0 Å². The van der Waals surface area contributed by atoms with Crippen molar-refractivity contribution in [3.63, 3.8) is 0 Å². The van der Waals surface area contributed by atoms with E-state index in [-0.39, 0.29) is 42.0 Å². The summed E-state index contributed by atoms with van der Waals surface area (Å²) in [4.78, 5) is 22.5. The first-order valence-electron chi connectivity index (χ1n) is 11.8. The van der Waals surface area contributed by atoms with Crippen LogP contribution in [-0.2, 0) is 17.1 Å². The minimum Gasteiger partial charge on any atom is -0.367 e. The maximum Gasteiger partial charge on any atom is 0.471 e. The molecule has 1 aromatic heterocycles. The summed E-state index contributed by atoms with van der Waals surface area (Å²) in [5.41, 5.74) is -4.73. The molecule has 1 heterocycles. The average molecular weight is 571 g/mol. The fraction of sp³-hybridized carbons (Fsp3) is 0.542. The van der Waals surface area contributed by atoms with Crippen molar-refractivity contribution in [2.24, 2.45) is 5.92 Å². The van der Waals surface area contributed by atoms with E-state index >= 15 is 0 Å². The maximum atomic E-state index is 13.4. The van der Waals surface area contributed by atoms with Crippen LogP contribution in [0.4, 0.5) is 56.8 Å². The summed E-state index contributed by atoms with van der Waals surface area (Å²) in [7, 11) is 3.60. The number of amides is 1. The molecule has 15 heteroatoms. The third-order valence-corrected chi connectivity index (χ3v) is 6.29. The summed E-state index contributed by atoms with van der Waals surface area (Å²) in [6, 6.07) is 1.64. The van der Waals surface area contributed by atoms with E-state index in [0.717, 1.165) is 0 Å². The van der Waals surface area contributed by atoms with Crippen LogP contribution in [0, 0.1) is 12.8 Å². The Labute approximate surface area is 218 Å². The van der Waals surface area contributed by atoms with E-state index in [1.54, 1.807) is 32.0 Å². The van der Waals surface area contributed by atoms with E-state index in [2.05, 4.69) is 15.3 Å². The molecule has 1 aliphatic carbocycles. The molecule has 0 atom stereocenters. The second kappa shape index (κ2) is 11.1. The monoisotopic (exact) mass is 571 g/mol. The van der Waals surface area contributed by atoms with Gasteiger partial charge in [0.15, 0.2) is 0 Å². The molecule has 1 saturated carbocycles. The predicted octanol–water partition coefficient (Wildman–Crippen LogP) is 6.45. The molecule has 0 unspecified atom stereocenters. The second-order valence-electron chi connectivity index (χ2n) is 9.59. The van der Waals surface area contributed by atoms with Crippen LogP contribution >= 0.6 is 0 Å². The molecule has 3 rings (SSSR count). The normalized spacial score (nSPS) is 18.6. The number of halogens is 9. The number of carbonyl (C=O) groups excluding carboxylic acids is 1. The van der Waals surface area contributed by atoms with Crippen molar-refractivity contribution in [2.45, 2.75) is 57.2 Å². The number of hydrogen-bond donors (Lipinski definition) is 1. The van der Waals surface area contributed by atoms with Crippen LogP contribution in [0.25, 0.3) is 0 Å². The van der Waals surface area contributed by atoms with Crippen LogP contribution in [0.1, 0.15) is 42.6 Å². The van der Waals surface area contributed by atoms with Crippen molar-refractivity contribution >= 4 is 23.2 Å². The quantitative estimate of drug-likeness (QED) is 0.404. The highest BCUT2D eigenvalue weighted by Crippen LogP contribution is 2.40. The zero-order valence-electron chi connectivity index (χ0n) is 21.1. The van der Waals surface area contributed by atoms with Gasteiger partial charge in [0.2, 0.25) is 0 Å². The fourth-order valence-electron chi connectivity index (χ4n) is 4.36. The van der Waals surface area contributed by atoms with Crippen LogP contribution in [0.2, 0.25) is 0 Å². The molecule has 39 heavy (non-hydrogen) atoms. The van der Waals surface area contributed by atoms with Crippen molar-refractivity contribution < 1.29 is 44.3 Å². The maximum absolute atomic E-state index is 13.4. The van der Waals surface area contributed by atoms with E-state index < -0.39 is 53.7 Å². The first kappa shape index (κ1) is 30.3. The van der Waals surface area contributed by atoms with E-state index in [9.17, 15) is 44.3 Å². The number of nitrogens with zero attached hydrogens (tertiary/aromatic N) is 4. The Hall–Kier alpha value is -3.26. The third-order valence-electron chi connectivity index (χ3n) is 6.29. The Bertz CT molecular complexity index is 1140. The summed E-state index contributed by atoms with van der Waals surface area (Å²) >= 11 is 0. The molecule has 2 aromatic rings. The van der Waals surface area contributed by atoms with Gasteiger partial charge in [-0.2, -0.15) is 39.5 Å². The number of rotatable bonds is 6. The number of hydrogen-bond acceptors (Lipinski definition) is 5. The molecule has 0 radical (unpaired) electrons. The van der Waals surface area contributed by atoms with Gasteiger partial charge in [0, 0.05) is 38.4 Å². The molecule has 1 aromatic carbocycles. The molecule has 216 valence electrons. The lowest BCUT2D eigenvalue weighted by molar-refractivity contribution is -0.170. The highest BCUT2D eigenvalue weighted by atomic mass is 19.4. The Morgan fingerprint density at radius 2 is 1.41 bits per heavy atom. The van der Waals surface area contributed by atoms with Crippen molar-refractivity contribution in [3.05, 3.63) is 41.2 Å². The van der Waals surface area contributed by atoms with Gasteiger partial charge in [0.25, 0.3) is 0 Å². The lowest BCUT2D eigenvalue weighted by Gasteiger charge is -2.34. The van der Waals surface area contributed by atoms with Crippen LogP contribution in [-0.4, -0.2) is 48.7 Å². The molecule has 1 N–H and O–H groups in total. The number of anilines is 3. The van der Waals surface area contributed by atoms with Gasteiger partial charge in [0.05, 0.1) is 11.1 Å². The van der Waals surface area contributed by atoms with E-state index in [1.165, 1.54) is 0 Å². The average Bonchev–Trinajstić information content (AvgIpc) is 2.80. The molecule has 6 nitrogen and oxygen atoms in total. The molecule has 0 saturated heterocycles. The molecule has 0 aliphatic heterocycles. The van der Waals surface area contributed by atoms with Gasteiger partial charge in [-0.3, -0.25) is 4.79 Å². The van der Waals surface area contributed by atoms with Gasteiger partial charge in [-0.15, -0.1) is 0 Å². The molecule has 1 fully saturated rings. The predicted molar refractivity (Wildman–Crippen MR) is 125 cm³/mol. The van der Waals surface area contributed by atoms with Gasteiger partial charge < -0.3 is 15.1 Å². The Balaban J connectivity index is 1.82.